The van der Waals surface area contributed by atoms with Gasteiger partial charge >= 0.3 is 0 Å². The molecule has 20 heavy (non-hydrogen) atoms. The number of nitrogens with one attached hydrogen (secondary N) is 1. The van der Waals surface area contributed by atoms with E-state index in [0.29, 0.717) is 11.9 Å². The van der Waals surface area contributed by atoms with Crippen molar-refractivity contribution < 1.29 is 4.79 Å². The molecule has 1 amide bonds. The average Bonchev–Trinajstić information content (AvgIpc) is 3.04. The molecule has 8 heteroatoms. The van der Waals surface area contributed by atoms with Crippen LogP contribution in [0.5, 0.6) is 0 Å². The monoisotopic (exact) mass is 296 g/mol. The van der Waals surface area contributed by atoms with Crippen molar-refractivity contribution in [1.29, 1.82) is 0 Å². The minimum atomic E-state index is -0.273. The van der Waals surface area contributed by atoms with Crippen LogP contribution in [0.15, 0.2) is 0 Å². The van der Waals surface area contributed by atoms with Gasteiger partial charge in [-0.3, -0.25) is 4.79 Å². The molecule has 7 nitrogen and oxygen atoms in total. The second kappa shape index (κ2) is 5.40. The van der Waals surface area contributed by atoms with E-state index in [1.165, 1.54) is 0 Å². The van der Waals surface area contributed by atoms with Gasteiger partial charge < -0.3 is 15.1 Å². The molecule has 0 bridgehead atoms. The zero-order valence-corrected chi connectivity index (χ0v) is 12.1. The number of rotatable bonds is 3. The van der Waals surface area contributed by atoms with Gasteiger partial charge in [-0.1, -0.05) is 0 Å². The highest BCUT2D eigenvalue weighted by Crippen LogP contribution is 2.20. The molecule has 2 fully saturated rings. The van der Waals surface area contributed by atoms with E-state index in [1.807, 2.05) is 0 Å². The predicted octanol–water partition coefficient (Wildman–Crippen LogP) is 0.768. The van der Waals surface area contributed by atoms with Crippen molar-refractivity contribution in [2.75, 3.05) is 36.9 Å². The fraction of sp³-hybridized carbons (Fsp3) is 0.667. The smallest absolute Gasteiger partial charge is 0.244 e. The third kappa shape index (κ3) is 2.63. The first-order valence-electron chi connectivity index (χ1n) is 6.81. The standard InChI is InChI=1S/C12H17ClN6O/c1-18-7-4-8(9(18)20)14-11-15-10(13)16-12(17-11)19-5-2-3-6-19/h8H,2-7H2,1H3,(H,14,15,16,17). The van der Waals surface area contributed by atoms with E-state index in [4.69, 9.17) is 11.6 Å². The second-order valence-corrected chi connectivity index (χ2v) is 5.51. The van der Waals surface area contributed by atoms with E-state index in [1.54, 1.807) is 11.9 Å². The molecule has 1 aromatic heterocycles. The first kappa shape index (κ1) is 13.4. The van der Waals surface area contributed by atoms with Crippen LogP contribution >= 0.6 is 11.6 Å². The Balaban J connectivity index is 1.77. The van der Waals surface area contributed by atoms with Gasteiger partial charge in [-0.05, 0) is 30.9 Å². The van der Waals surface area contributed by atoms with Gasteiger partial charge in [0, 0.05) is 26.7 Å². The summed E-state index contributed by atoms with van der Waals surface area (Å²) in [4.78, 5) is 28.3. The number of amides is 1. The van der Waals surface area contributed by atoms with Crippen LogP contribution in [0.1, 0.15) is 19.3 Å². The Kier molecular flexibility index (Phi) is 3.60. The van der Waals surface area contributed by atoms with Crippen LogP contribution < -0.4 is 10.2 Å². The SMILES string of the molecule is CN1CCC(Nc2nc(Cl)nc(N3CCCC3)n2)C1=O. The Morgan fingerprint density at radius 3 is 2.60 bits per heavy atom. The molecule has 0 spiro atoms. The van der Waals surface area contributed by atoms with Crippen molar-refractivity contribution in [2.45, 2.75) is 25.3 Å². The summed E-state index contributed by atoms with van der Waals surface area (Å²) in [5.74, 6) is 1.02. The number of nitrogens with zero attached hydrogens (tertiary/aromatic N) is 5. The summed E-state index contributed by atoms with van der Waals surface area (Å²) in [6.07, 6.45) is 3.02. The fourth-order valence-electron chi connectivity index (χ4n) is 2.57. The summed E-state index contributed by atoms with van der Waals surface area (Å²) < 4.78 is 0. The van der Waals surface area contributed by atoms with Crippen molar-refractivity contribution in [3.8, 4) is 0 Å². The van der Waals surface area contributed by atoms with Crippen LogP contribution in [0.4, 0.5) is 11.9 Å². The lowest BCUT2D eigenvalue weighted by Crippen LogP contribution is -2.32. The van der Waals surface area contributed by atoms with E-state index >= 15 is 0 Å². The Labute approximate surface area is 122 Å². The molecule has 1 aromatic rings. The lowest BCUT2D eigenvalue weighted by atomic mass is 10.2. The zero-order chi connectivity index (χ0) is 14.1. The highest BCUT2D eigenvalue weighted by molar-refractivity contribution is 6.28. The van der Waals surface area contributed by atoms with Crippen LogP contribution in [-0.2, 0) is 4.79 Å². The Morgan fingerprint density at radius 2 is 1.95 bits per heavy atom. The number of likely N-dealkylation sites (tertiary alicyclic amines) is 1. The summed E-state index contributed by atoms with van der Waals surface area (Å²) in [7, 11) is 1.79. The normalized spacial score (nSPS) is 22.7. The number of likely N-dealkylation sites (N-methyl/N-ethyl adjacent to an activating group) is 1. The number of aromatic nitrogens is 3. The molecule has 2 aliphatic heterocycles. The van der Waals surface area contributed by atoms with Crippen LogP contribution in [0.2, 0.25) is 5.28 Å². The second-order valence-electron chi connectivity index (χ2n) is 5.17. The van der Waals surface area contributed by atoms with Gasteiger partial charge in [0.05, 0.1) is 0 Å². The zero-order valence-electron chi connectivity index (χ0n) is 11.3. The van der Waals surface area contributed by atoms with Gasteiger partial charge in [-0.25, -0.2) is 0 Å². The molecule has 1 unspecified atom stereocenters. The van der Waals surface area contributed by atoms with Gasteiger partial charge in [0.1, 0.15) is 6.04 Å². The minimum Gasteiger partial charge on any atom is -0.344 e. The molecule has 0 radical (unpaired) electrons. The van der Waals surface area contributed by atoms with Crippen LogP contribution in [0, 0.1) is 0 Å². The van der Waals surface area contributed by atoms with Crippen molar-refractivity contribution >= 4 is 29.4 Å². The summed E-state index contributed by atoms with van der Waals surface area (Å²) in [5.41, 5.74) is 0. The van der Waals surface area contributed by atoms with Crippen molar-refractivity contribution in [3.05, 3.63) is 5.28 Å². The van der Waals surface area contributed by atoms with Gasteiger partial charge in [0.25, 0.3) is 0 Å². The Bertz CT molecular complexity index is 519. The van der Waals surface area contributed by atoms with E-state index < -0.39 is 0 Å². The first-order valence-corrected chi connectivity index (χ1v) is 7.19. The van der Waals surface area contributed by atoms with Crippen molar-refractivity contribution in [3.63, 3.8) is 0 Å². The lowest BCUT2D eigenvalue weighted by Gasteiger charge is -2.17. The van der Waals surface area contributed by atoms with Crippen LogP contribution in [-0.4, -0.2) is 58.5 Å². The van der Waals surface area contributed by atoms with Gasteiger partial charge in [-0.15, -0.1) is 0 Å². The summed E-state index contributed by atoms with van der Waals surface area (Å²) in [6.45, 7) is 2.62. The predicted molar refractivity (Wildman–Crippen MR) is 75.9 cm³/mol. The molecule has 2 saturated heterocycles. The molecular formula is C12H17ClN6O. The quantitative estimate of drug-likeness (QED) is 0.888. The Morgan fingerprint density at radius 1 is 1.20 bits per heavy atom. The molecule has 1 N–H and O–H groups in total. The number of carbonyl (C=O) groups is 1. The molecule has 3 rings (SSSR count). The van der Waals surface area contributed by atoms with E-state index in [9.17, 15) is 4.79 Å². The van der Waals surface area contributed by atoms with Gasteiger partial charge in [-0.2, -0.15) is 15.0 Å². The van der Waals surface area contributed by atoms with Gasteiger partial charge in [0.2, 0.25) is 23.1 Å². The topological polar surface area (TPSA) is 74.2 Å². The molecule has 1 atom stereocenters. The number of halogens is 1. The number of hydrogen-bond acceptors (Lipinski definition) is 6. The molecule has 0 aliphatic carbocycles. The average molecular weight is 297 g/mol. The minimum absolute atomic E-state index is 0.0595. The lowest BCUT2D eigenvalue weighted by molar-refractivity contribution is -0.127. The van der Waals surface area contributed by atoms with Crippen LogP contribution in [0.25, 0.3) is 0 Å². The largest absolute Gasteiger partial charge is 0.344 e. The summed E-state index contributed by atoms with van der Waals surface area (Å²) in [5, 5.41) is 3.22. The summed E-state index contributed by atoms with van der Waals surface area (Å²) >= 11 is 5.95. The van der Waals surface area contributed by atoms with Gasteiger partial charge in [0.15, 0.2) is 0 Å². The van der Waals surface area contributed by atoms with Crippen molar-refractivity contribution in [2.24, 2.45) is 0 Å². The van der Waals surface area contributed by atoms with Crippen molar-refractivity contribution in [1.82, 2.24) is 19.9 Å². The van der Waals surface area contributed by atoms with Crippen LogP contribution in [0.3, 0.4) is 0 Å². The molecule has 3 heterocycles. The maximum Gasteiger partial charge on any atom is 0.244 e. The maximum atomic E-state index is 11.9. The number of carbonyl (C=O) groups excluding carboxylic acids is 1. The molecule has 2 aliphatic rings. The molecular weight excluding hydrogens is 280 g/mol. The molecule has 0 aromatic carbocycles. The first-order chi connectivity index (χ1) is 9.63. The highest BCUT2D eigenvalue weighted by atomic mass is 35.5. The Hall–Kier alpha value is -1.63. The van der Waals surface area contributed by atoms with E-state index in [2.05, 4.69) is 25.2 Å². The summed E-state index contributed by atoms with van der Waals surface area (Å²) in [6, 6.07) is -0.273. The molecule has 108 valence electrons. The fourth-order valence-corrected chi connectivity index (χ4v) is 2.73. The maximum absolute atomic E-state index is 11.9. The third-order valence-electron chi connectivity index (χ3n) is 3.72. The third-order valence-corrected chi connectivity index (χ3v) is 3.89. The number of hydrogen-bond donors (Lipinski definition) is 1. The highest BCUT2D eigenvalue weighted by Gasteiger charge is 2.30. The van der Waals surface area contributed by atoms with E-state index in [-0.39, 0.29) is 17.2 Å². The molecule has 0 saturated carbocycles. The number of anilines is 2. The van der Waals surface area contributed by atoms with E-state index in [0.717, 1.165) is 38.9 Å².